The fraction of sp³-hybridized carbons (Fsp3) is 0. The van der Waals surface area contributed by atoms with Gasteiger partial charge in [0.15, 0.2) is 5.75 Å². The number of aromatic carboxylic acids is 1. The Morgan fingerprint density at radius 2 is 1.48 bits per heavy atom. The van der Waals surface area contributed by atoms with E-state index in [-0.39, 0.29) is 11.3 Å². The van der Waals surface area contributed by atoms with E-state index in [0.29, 0.717) is 17.0 Å². The zero-order chi connectivity index (χ0) is 16.2. The van der Waals surface area contributed by atoms with Gasteiger partial charge in [0.25, 0.3) is 0 Å². The molecule has 0 radical (unpaired) electrons. The van der Waals surface area contributed by atoms with E-state index >= 15 is 0 Å². The zero-order valence-electron chi connectivity index (χ0n) is 12.3. The van der Waals surface area contributed by atoms with E-state index < -0.39 is 5.97 Å². The standard InChI is InChI=1S/C19H15NO3/c20-16-12-11-15(19(21)22)18(23-14-9-5-2-6-10-14)17(16)13-7-3-1-4-8-13/h1-12H,20H2,(H,21,22). The van der Waals surface area contributed by atoms with Crippen molar-refractivity contribution >= 4 is 11.7 Å². The average Bonchev–Trinajstić information content (AvgIpc) is 2.56. The summed E-state index contributed by atoms with van der Waals surface area (Å²) >= 11 is 0. The van der Waals surface area contributed by atoms with E-state index in [1.165, 1.54) is 6.07 Å². The number of ether oxygens (including phenoxy) is 1. The summed E-state index contributed by atoms with van der Waals surface area (Å²) in [5.74, 6) is -0.263. The molecular formula is C19H15NO3. The van der Waals surface area contributed by atoms with Gasteiger partial charge in [0.05, 0.1) is 0 Å². The summed E-state index contributed by atoms with van der Waals surface area (Å²) in [5, 5.41) is 9.49. The maximum absolute atomic E-state index is 11.6. The molecule has 0 bridgehead atoms. The smallest absolute Gasteiger partial charge is 0.339 e. The quantitative estimate of drug-likeness (QED) is 0.700. The van der Waals surface area contributed by atoms with Crippen LogP contribution >= 0.6 is 0 Å². The normalized spacial score (nSPS) is 10.3. The first-order chi connectivity index (χ1) is 11.2. The maximum Gasteiger partial charge on any atom is 0.339 e. The van der Waals surface area contributed by atoms with Crippen LogP contribution in [0.5, 0.6) is 11.5 Å². The molecule has 3 aromatic rings. The molecule has 0 amide bonds. The number of hydrogen-bond acceptors (Lipinski definition) is 3. The molecule has 0 unspecified atom stereocenters. The molecule has 0 aliphatic carbocycles. The number of nitrogen functional groups attached to an aromatic ring is 1. The number of para-hydroxylation sites is 1. The van der Waals surface area contributed by atoms with Crippen LogP contribution in [0.1, 0.15) is 10.4 Å². The van der Waals surface area contributed by atoms with Gasteiger partial charge in [-0.1, -0.05) is 48.5 Å². The fourth-order valence-corrected chi connectivity index (χ4v) is 2.38. The second-order valence-corrected chi connectivity index (χ2v) is 4.99. The molecule has 4 nitrogen and oxygen atoms in total. The van der Waals surface area contributed by atoms with E-state index in [4.69, 9.17) is 10.5 Å². The molecule has 0 aliphatic heterocycles. The van der Waals surface area contributed by atoms with Crippen molar-refractivity contribution in [2.24, 2.45) is 0 Å². The second kappa shape index (κ2) is 6.23. The minimum absolute atomic E-state index is 0.0712. The minimum Gasteiger partial charge on any atom is -0.478 e. The Labute approximate surface area is 133 Å². The summed E-state index contributed by atoms with van der Waals surface area (Å²) < 4.78 is 5.88. The van der Waals surface area contributed by atoms with Crippen LogP contribution in [-0.4, -0.2) is 11.1 Å². The van der Waals surface area contributed by atoms with Crippen molar-refractivity contribution in [1.29, 1.82) is 0 Å². The number of nitrogens with two attached hydrogens (primary N) is 1. The van der Waals surface area contributed by atoms with Crippen molar-refractivity contribution in [3.63, 3.8) is 0 Å². The van der Waals surface area contributed by atoms with Crippen LogP contribution in [0.2, 0.25) is 0 Å². The molecule has 23 heavy (non-hydrogen) atoms. The van der Waals surface area contributed by atoms with Crippen molar-refractivity contribution < 1.29 is 14.6 Å². The lowest BCUT2D eigenvalue weighted by molar-refractivity contribution is 0.0694. The van der Waals surface area contributed by atoms with E-state index in [9.17, 15) is 9.90 Å². The number of carbonyl (C=O) groups is 1. The molecule has 0 saturated carbocycles. The predicted octanol–water partition coefficient (Wildman–Crippen LogP) is 4.43. The first-order valence-corrected chi connectivity index (χ1v) is 7.11. The molecule has 0 fully saturated rings. The van der Waals surface area contributed by atoms with Gasteiger partial charge in [-0.25, -0.2) is 4.79 Å². The summed E-state index contributed by atoms with van der Waals surface area (Å²) in [5.41, 5.74) is 8.02. The number of carboxylic acid groups (broad SMARTS) is 1. The molecule has 0 aliphatic rings. The molecule has 0 aromatic heterocycles. The van der Waals surface area contributed by atoms with E-state index in [1.54, 1.807) is 18.2 Å². The molecule has 114 valence electrons. The Bertz CT molecular complexity index is 830. The van der Waals surface area contributed by atoms with Gasteiger partial charge in [-0.05, 0) is 29.8 Å². The highest BCUT2D eigenvalue weighted by Crippen LogP contribution is 2.40. The molecule has 3 rings (SSSR count). The van der Waals surface area contributed by atoms with Crippen molar-refractivity contribution in [3.05, 3.63) is 78.4 Å². The van der Waals surface area contributed by atoms with E-state index in [0.717, 1.165) is 5.56 Å². The van der Waals surface area contributed by atoms with Crippen molar-refractivity contribution in [1.82, 2.24) is 0 Å². The van der Waals surface area contributed by atoms with E-state index in [1.807, 2.05) is 48.5 Å². The number of anilines is 1. The Morgan fingerprint density at radius 1 is 0.870 bits per heavy atom. The third kappa shape index (κ3) is 3.01. The SMILES string of the molecule is Nc1ccc(C(=O)O)c(Oc2ccccc2)c1-c1ccccc1. The van der Waals surface area contributed by atoms with Crippen LogP contribution in [0.3, 0.4) is 0 Å². The molecule has 3 N–H and O–H groups in total. The molecule has 0 spiro atoms. The summed E-state index contributed by atoms with van der Waals surface area (Å²) in [7, 11) is 0. The molecule has 3 aromatic carbocycles. The summed E-state index contributed by atoms with van der Waals surface area (Å²) in [6, 6.07) is 21.5. The first kappa shape index (κ1) is 14.7. The van der Waals surface area contributed by atoms with Gasteiger partial charge < -0.3 is 15.6 Å². The molecule has 0 atom stereocenters. The number of benzene rings is 3. The largest absolute Gasteiger partial charge is 0.478 e. The summed E-state index contributed by atoms with van der Waals surface area (Å²) in [6.07, 6.45) is 0. The van der Waals surface area contributed by atoms with Crippen LogP contribution in [0, 0.1) is 0 Å². The molecule has 0 heterocycles. The third-order valence-corrected chi connectivity index (χ3v) is 3.45. The Hall–Kier alpha value is -3.27. The van der Waals surface area contributed by atoms with Crippen LogP contribution in [0.4, 0.5) is 5.69 Å². The highest BCUT2D eigenvalue weighted by Gasteiger charge is 2.20. The minimum atomic E-state index is -1.06. The molecular weight excluding hydrogens is 290 g/mol. The van der Waals surface area contributed by atoms with Gasteiger partial charge in [0, 0.05) is 11.3 Å². The lowest BCUT2D eigenvalue weighted by Crippen LogP contribution is -2.04. The highest BCUT2D eigenvalue weighted by molar-refractivity contribution is 5.97. The Kier molecular flexibility index (Phi) is 3.97. The van der Waals surface area contributed by atoms with Gasteiger partial charge in [-0.3, -0.25) is 0 Å². The predicted molar refractivity (Wildman–Crippen MR) is 89.8 cm³/mol. The van der Waals surface area contributed by atoms with Crippen LogP contribution in [0.25, 0.3) is 11.1 Å². The monoisotopic (exact) mass is 305 g/mol. The zero-order valence-corrected chi connectivity index (χ0v) is 12.3. The topological polar surface area (TPSA) is 72.6 Å². The highest BCUT2D eigenvalue weighted by atomic mass is 16.5. The molecule has 4 heteroatoms. The first-order valence-electron chi connectivity index (χ1n) is 7.11. The van der Waals surface area contributed by atoms with Crippen molar-refractivity contribution in [3.8, 4) is 22.6 Å². The summed E-state index contributed by atoms with van der Waals surface area (Å²) in [6.45, 7) is 0. The van der Waals surface area contributed by atoms with Gasteiger partial charge in [-0.15, -0.1) is 0 Å². The average molecular weight is 305 g/mol. The van der Waals surface area contributed by atoms with Gasteiger partial charge in [0.2, 0.25) is 0 Å². The Balaban J connectivity index is 2.21. The van der Waals surface area contributed by atoms with Crippen molar-refractivity contribution in [2.75, 3.05) is 5.73 Å². The van der Waals surface area contributed by atoms with Crippen LogP contribution in [-0.2, 0) is 0 Å². The van der Waals surface area contributed by atoms with Crippen LogP contribution in [0.15, 0.2) is 72.8 Å². The maximum atomic E-state index is 11.6. The lowest BCUT2D eigenvalue weighted by Gasteiger charge is -2.16. The number of hydrogen-bond donors (Lipinski definition) is 2. The third-order valence-electron chi connectivity index (χ3n) is 3.45. The second-order valence-electron chi connectivity index (χ2n) is 4.99. The number of rotatable bonds is 4. The van der Waals surface area contributed by atoms with Gasteiger partial charge >= 0.3 is 5.97 Å². The summed E-state index contributed by atoms with van der Waals surface area (Å²) in [4.78, 5) is 11.6. The van der Waals surface area contributed by atoms with E-state index in [2.05, 4.69) is 0 Å². The fourth-order valence-electron chi connectivity index (χ4n) is 2.38. The van der Waals surface area contributed by atoms with Gasteiger partial charge in [-0.2, -0.15) is 0 Å². The van der Waals surface area contributed by atoms with Crippen LogP contribution < -0.4 is 10.5 Å². The van der Waals surface area contributed by atoms with Crippen molar-refractivity contribution in [2.45, 2.75) is 0 Å². The lowest BCUT2D eigenvalue weighted by atomic mass is 9.99. The molecule has 0 saturated heterocycles. The van der Waals surface area contributed by atoms with Gasteiger partial charge in [0.1, 0.15) is 11.3 Å². The number of carboxylic acids is 1. The Morgan fingerprint density at radius 3 is 2.09 bits per heavy atom.